The average Bonchev–Trinajstić information content (AvgIpc) is 3.54. The first-order valence-corrected chi connectivity index (χ1v) is 12.3. The van der Waals surface area contributed by atoms with Crippen molar-refractivity contribution in [3.8, 4) is 0 Å². The Kier molecular flexibility index (Phi) is 7.01. The van der Waals surface area contributed by atoms with Crippen molar-refractivity contribution < 1.29 is 4.74 Å². The minimum atomic E-state index is -0.0489. The number of aromatic amines is 1. The second-order valence-corrected chi connectivity index (χ2v) is 9.47. The van der Waals surface area contributed by atoms with E-state index in [0.29, 0.717) is 19.6 Å². The topological polar surface area (TPSA) is 88.9 Å². The number of nitrogens with one attached hydrogen (secondary N) is 1. The molecule has 1 aliphatic heterocycles. The highest BCUT2D eigenvalue weighted by Gasteiger charge is 2.22. The number of pyridine rings is 1. The molecule has 2 aromatic heterocycles. The van der Waals surface area contributed by atoms with Gasteiger partial charge in [-0.05, 0) is 66.3 Å². The largest absolute Gasteiger partial charge is 0.377 e. The zero-order valence-electron chi connectivity index (χ0n) is 20.4. The number of aryl methyl sites for hydroxylation is 4. The summed E-state index contributed by atoms with van der Waals surface area (Å²) in [5.41, 5.74) is 5.08. The molecule has 8 nitrogen and oxygen atoms in total. The summed E-state index contributed by atoms with van der Waals surface area (Å²) in [6, 6.07) is 16.5. The number of fused-ring (bicyclic) bond motifs is 1. The highest BCUT2D eigenvalue weighted by Crippen LogP contribution is 2.21. The Bertz CT molecular complexity index is 1340. The number of tetrazole rings is 1. The van der Waals surface area contributed by atoms with Gasteiger partial charge < -0.3 is 9.72 Å². The van der Waals surface area contributed by atoms with Gasteiger partial charge in [-0.1, -0.05) is 42.5 Å². The number of hydrogen-bond donors (Lipinski definition) is 1. The molecular formula is C27H32N6O2. The molecule has 2 aromatic carbocycles. The number of hydrogen-bond acceptors (Lipinski definition) is 6. The lowest BCUT2D eigenvalue weighted by Gasteiger charge is -2.24. The third-order valence-electron chi connectivity index (χ3n) is 6.83. The summed E-state index contributed by atoms with van der Waals surface area (Å²) in [6.07, 6.45) is 3.12. The van der Waals surface area contributed by atoms with Crippen molar-refractivity contribution in [1.82, 2.24) is 30.1 Å². The van der Waals surface area contributed by atoms with Crippen LogP contribution in [0.5, 0.6) is 0 Å². The molecule has 1 saturated heterocycles. The van der Waals surface area contributed by atoms with E-state index in [1.807, 2.05) is 41.9 Å². The van der Waals surface area contributed by atoms with E-state index in [-0.39, 0.29) is 11.7 Å². The zero-order valence-corrected chi connectivity index (χ0v) is 20.4. The molecule has 35 heavy (non-hydrogen) atoms. The molecule has 0 unspecified atom stereocenters. The molecule has 4 aromatic rings. The number of benzene rings is 2. The third-order valence-corrected chi connectivity index (χ3v) is 6.83. The first-order valence-electron chi connectivity index (χ1n) is 12.3. The van der Waals surface area contributed by atoms with Crippen molar-refractivity contribution >= 4 is 10.9 Å². The lowest BCUT2D eigenvalue weighted by Crippen LogP contribution is -2.34. The van der Waals surface area contributed by atoms with Gasteiger partial charge in [0.25, 0.3) is 5.56 Å². The van der Waals surface area contributed by atoms with Crippen LogP contribution in [0.4, 0.5) is 0 Å². The molecule has 0 bridgehead atoms. The molecule has 0 radical (unpaired) electrons. The summed E-state index contributed by atoms with van der Waals surface area (Å²) >= 11 is 0. The van der Waals surface area contributed by atoms with E-state index in [9.17, 15) is 4.79 Å². The predicted octanol–water partition coefficient (Wildman–Crippen LogP) is 3.56. The Labute approximate surface area is 204 Å². The molecular weight excluding hydrogens is 440 g/mol. The SMILES string of the molecule is Cc1ccc(C)c2[nH]c(=O)c(CN(Cc3nnnn3CCc3ccccc3)C[C@H]3CCCO3)cc12. The van der Waals surface area contributed by atoms with E-state index in [1.54, 1.807) is 0 Å². The standard InChI is InChI=1S/C27H32N6O2/c1-19-10-11-20(2)26-24(19)15-22(27(34)28-26)16-32(17-23-9-6-14-35-23)18-25-29-30-31-33(25)13-12-21-7-4-3-5-8-21/h3-5,7-8,10-11,15,23H,6,9,12-14,16-18H2,1-2H3,(H,28,34)/t23-/m1/s1. The molecule has 0 aliphatic carbocycles. The Hall–Kier alpha value is -3.36. The Morgan fingerprint density at radius 3 is 2.74 bits per heavy atom. The number of ether oxygens (including phenoxy) is 1. The second kappa shape index (κ2) is 10.5. The van der Waals surface area contributed by atoms with Gasteiger partial charge in [0.1, 0.15) is 0 Å². The maximum Gasteiger partial charge on any atom is 0.252 e. The summed E-state index contributed by atoms with van der Waals surface area (Å²) < 4.78 is 7.79. The van der Waals surface area contributed by atoms with Crippen molar-refractivity contribution in [2.45, 2.75) is 58.8 Å². The van der Waals surface area contributed by atoms with Crippen LogP contribution in [0.15, 0.2) is 53.3 Å². The van der Waals surface area contributed by atoms with Gasteiger partial charge >= 0.3 is 0 Å². The lowest BCUT2D eigenvalue weighted by molar-refractivity contribution is 0.0663. The fourth-order valence-corrected chi connectivity index (χ4v) is 4.83. The normalized spacial score (nSPS) is 15.9. The smallest absolute Gasteiger partial charge is 0.252 e. The molecule has 0 amide bonds. The number of aromatic nitrogens is 5. The van der Waals surface area contributed by atoms with Crippen molar-refractivity contribution in [3.63, 3.8) is 0 Å². The first-order chi connectivity index (χ1) is 17.1. The van der Waals surface area contributed by atoms with Crippen LogP contribution >= 0.6 is 0 Å². The van der Waals surface area contributed by atoms with Gasteiger partial charge in [0, 0.05) is 37.2 Å². The summed E-state index contributed by atoms with van der Waals surface area (Å²) in [4.78, 5) is 18.4. The fraction of sp³-hybridized carbons (Fsp3) is 0.407. The van der Waals surface area contributed by atoms with Crippen LogP contribution in [0.1, 0.15) is 40.9 Å². The molecule has 3 heterocycles. The molecule has 1 aliphatic rings. The average molecular weight is 473 g/mol. The number of nitrogens with zero attached hydrogens (tertiary/aromatic N) is 5. The van der Waals surface area contributed by atoms with Crippen LogP contribution in [0.3, 0.4) is 0 Å². The highest BCUT2D eigenvalue weighted by atomic mass is 16.5. The molecule has 0 spiro atoms. The Balaban J connectivity index is 1.38. The Morgan fingerprint density at radius 1 is 1.11 bits per heavy atom. The van der Waals surface area contributed by atoms with Crippen LogP contribution in [0.2, 0.25) is 0 Å². The molecule has 8 heteroatoms. The summed E-state index contributed by atoms with van der Waals surface area (Å²) in [6.45, 7) is 7.38. The molecule has 1 atom stereocenters. The summed E-state index contributed by atoms with van der Waals surface area (Å²) in [5.74, 6) is 0.795. The fourth-order valence-electron chi connectivity index (χ4n) is 4.83. The Morgan fingerprint density at radius 2 is 1.94 bits per heavy atom. The lowest BCUT2D eigenvalue weighted by atomic mass is 10.0. The first kappa shape index (κ1) is 23.4. The van der Waals surface area contributed by atoms with Crippen LogP contribution in [-0.4, -0.2) is 49.3 Å². The second-order valence-electron chi connectivity index (χ2n) is 9.47. The van der Waals surface area contributed by atoms with Crippen molar-refractivity contribution in [2.24, 2.45) is 0 Å². The molecule has 182 valence electrons. The molecule has 1 fully saturated rings. The van der Waals surface area contributed by atoms with Gasteiger partial charge in [0.15, 0.2) is 5.82 Å². The quantitative estimate of drug-likeness (QED) is 0.401. The van der Waals surface area contributed by atoms with E-state index < -0.39 is 0 Å². The van der Waals surface area contributed by atoms with E-state index in [0.717, 1.165) is 65.8 Å². The van der Waals surface area contributed by atoms with Crippen molar-refractivity contribution in [1.29, 1.82) is 0 Å². The molecule has 5 rings (SSSR count). The monoisotopic (exact) mass is 472 g/mol. The number of rotatable bonds is 9. The minimum Gasteiger partial charge on any atom is -0.377 e. The van der Waals surface area contributed by atoms with Gasteiger partial charge in [-0.3, -0.25) is 9.69 Å². The van der Waals surface area contributed by atoms with Gasteiger partial charge in [-0.15, -0.1) is 5.10 Å². The summed E-state index contributed by atoms with van der Waals surface area (Å²) in [5, 5.41) is 13.6. The molecule has 0 saturated carbocycles. The van der Waals surface area contributed by atoms with E-state index in [1.165, 1.54) is 5.56 Å². The number of H-pyrrole nitrogens is 1. The van der Waals surface area contributed by atoms with Crippen LogP contribution in [0.25, 0.3) is 10.9 Å². The maximum absolute atomic E-state index is 13.0. The van der Waals surface area contributed by atoms with Gasteiger partial charge in [0.2, 0.25) is 0 Å². The van der Waals surface area contributed by atoms with Crippen LogP contribution in [0, 0.1) is 13.8 Å². The van der Waals surface area contributed by atoms with Crippen molar-refractivity contribution in [3.05, 3.63) is 87.0 Å². The summed E-state index contributed by atoms with van der Waals surface area (Å²) in [7, 11) is 0. The predicted molar refractivity (Wildman–Crippen MR) is 135 cm³/mol. The van der Waals surface area contributed by atoms with Crippen molar-refractivity contribution in [2.75, 3.05) is 13.2 Å². The van der Waals surface area contributed by atoms with Gasteiger partial charge in [-0.2, -0.15) is 0 Å². The maximum atomic E-state index is 13.0. The highest BCUT2D eigenvalue weighted by molar-refractivity contribution is 5.85. The van der Waals surface area contributed by atoms with Gasteiger partial charge in [-0.25, -0.2) is 4.68 Å². The third kappa shape index (κ3) is 5.49. The van der Waals surface area contributed by atoms with E-state index >= 15 is 0 Å². The van der Waals surface area contributed by atoms with Crippen LogP contribution in [-0.2, 0) is 30.8 Å². The zero-order chi connectivity index (χ0) is 24.2. The minimum absolute atomic E-state index is 0.0489. The van der Waals surface area contributed by atoms with E-state index in [2.05, 4.69) is 50.5 Å². The van der Waals surface area contributed by atoms with Crippen LogP contribution < -0.4 is 5.56 Å². The molecule has 1 N–H and O–H groups in total. The van der Waals surface area contributed by atoms with Gasteiger partial charge in [0.05, 0.1) is 18.2 Å². The van der Waals surface area contributed by atoms with E-state index in [4.69, 9.17) is 4.74 Å².